The molecule has 4 aromatic rings. The highest BCUT2D eigenvalue weighted by molar-refractivity contribution is 7.56. The van der Waals surface area contributed by atoms with E-state index < -0.39 is 62.0 Å². The second kappa shape index (κ2) is 29.7. The monoisotopic (exact) mass is 944 g/mol. The summed E-state index contributed by atoms with van der Waals surface area (Å²) in [6.45, 7) is 2.61. The first-order chi connectivity index (χ1) is 32.4. The lowest BCUT2D eigenvalue weighted by atomic mass is 10.1. The van der Waals surface area contributed by atoms with Crippen molar-refractivity contribution in [3.8, 4) is 0 Å². The van der Waals surface area contributed by atoms with Crippen LogP contribution in [0.3, 0.4) is 0 Å². The average molecular weight is 945 g/mol. The minimum atomic E-state index is -3.62. The molecule has 5 amide bonds. The van der Waals surface area contributed by atoms with Gasteiger partial charge in [-0.1, -0.05) is 121 Å². The van der Waals surface area contributed by atoms with Gasteiger partial charge in [-0.25, -0.2) is 24.3 Å². The molecule has 18 nitrogen and oxygen atoms in total. The summed E-state index contributed by atoms with van der Waals surface area (Å²) < 4.78 is 40.3. The average Bonchev–Trinajstić information content (AvgIpc) is 3.35. The fourth-order valence-electron chi connectivity index (χ4n) is 6.18. The number of benzene rings is 4. The van der Waals surface area contributed by atoms with Gasteiger partial charge in [0, 0.05) is 39.7 Å². The lowest BCUT2D eigenvalue weighted by molar-refractivity contribution is -0.147. The summed E-state index contributed by atoms with van der Waals surface area (Å²) in [7, 11) is -2.39. The molecule has 0 heterocycles. The normalized spacial score (nSPS) is 12.5. The second-order valence-corrected chi connectivity index (χ2v) is 17.6. The zero-order valence-electron chi connectivity index (χ0n) is 37.9. The lowest BCUT2D eigenvalue weighted by Gasteiger charge is -2.23. The lowest BCUT2D eigenvalue weighted by Crippen LogP contribution is -2.46. The molecule has 0 bridgehead atoms. The van der Waals surface area contributed by atoms with E-state index in [1.807, 2.05) is 72.8 Å². The highest BCUT2D eigenvalue weighted by atomic mass is 31.2. The van der Waals surface area contributed by atoms with Crippen LogP contribution in [0.1, 0.15) is 61.3 Å². The zero-order chi connectivity index (χ0) is 48.1. The van der Waals surface area contributed by atoms with Gasteiger partial charge < -0.3 is 49.6 Å². The van der Waals surface area contributed by atoms with Crippen LogP contribution in [0.4, 0.5) is 14.4 Å². The number of hydrogen-bond acceptors (Lipinski definition) is 12. The van der Waals surface area contributed by atoms with Crippen LogP contribution in [0, 0.1) is 0 Å². The maximum Gasteiger partial charge on any atom is 0.410 e. The van der Waals surface area contributed by atoms with E-state index in [0.717, 1.165) is 22.3 Å². The molecule has 19 heteroatoms. The van der Waals surface area contributed by atoms with E-state index in [-0.39, 0.29) is 52.4 Å². The minimum Gasteiger partial charge on any atom is -0.459 e. The van der Waals surface area contributed by atoms with Crippen molar-refractivity contribution in [1.29, 1.82) is 0 Å². The first-order valence-corrected chi connectivity index (χ1v) is 23.8. The molecule has 360 valence electrons. The molecular weight excluding hydrogens is 884 g/mol. The van der Waals surface area contributed by atoms with E-state index in [1.54, 1.807) is 48.5 Å². The predicted molar refractivity (Wildman–Crippen MR) is 249 cm³/mol. The van der Waals surface area contributed by atoms with Crippen LogP contribution < -0.4 is 26.4 Å². The molecule has 4 rings (SSSR count). The van der Waals surface area contributed by atoms with Crippen molar-refractivity contribution >= 4 is 43.6 Å². The molecule has 67 heavy (non-hydrogen) atoms. The maximum atomic E-state index is 13.5. The number of nitrogens with one attached hydrogen (secondary N) is 5. The van der Waals surface area contributed by atoms with Gasteiger partial charge in [0.2, 0.25) is 11.8 Å². The molecule has 0 aliphatic carbocycles. The Morgan fingerprint density at radius 3 is 1.61 bits per heavy atom. The third-order valence-corrected chi connectivity index (χ3v) is 11.8. The number of unbranched alkanes of at least 4 members (excludes halogenated alkanes) is 1. The molecule has 4 aromatic carbocycles. The van der Waals surface area contributed by atoms with Crippen molar-refractivity contribution in [2.24, 2.45) is 0 Å². The van der Waals surface area contributed by atoms with Crippen LogP contribution in [-0.2, 0) is 68.8 Å². The molecular formula is C48H61N6O12P. The van der Waals surface area contributed by atoms with E-state index in [4.69, 9.17) is 23.5 Å². The van der Waals surface area contributed by atoms with Gasteiger partial charge in [0.05, 0.1) is 0 Å². The molecule has 0 radical (unpaired) electrons. The third-order valence-electron chi connectivity index (χ3n) is 9.96. The smallest absolute Gasteiger partial charge is 0.410 e. The van der Waals surface area contributed by atoms with Crippen LogP contribution in [-0.4, -0.2) is 92.6 Å². The summed E-state index contributed by atoms with van der Waals surface area (Å²) in [6, 6.07) is 34.2. The number of nitrogens with zero attached hydrogens (tertiary/aromatic N) is 1. The van der Waals surface area contributed by atoms with Gasteiger partial charge in [0.15, 0.2) is 0 Å². The van der Waals surface area contributed by atoms with Crippen LogP contribution in [0.2, 0.25) is 0 Å². The molecule has 0 fully saturated rings. The first kappa shape index (κ1) is 52.9. The van der Waals surface area contributed by atoms with E-state index in [1.165, 1.54) is 18.9 Å². The number of amides is 5. The van der Waals surface area contributed by atoms with Gasteiger partial charge in [0.25, 0.3) is 7.52 Å². The zero-order valence-corrected chi connectivity index (χ0v) is 38.8. The van der Waals surface area contributed by atoms with Gasteiger partial charge >= 0.3 is 24.2 Å². The molecule has 0 aliphatic heterocycles. The van der Waals surface area contributed by atoms with Crippen LogP contribution in [0.25, 0.3) is 0 Å². The number of carbonyl (C=O) groups is 6. The fourth-order valence-corrected chi connectivity index (χ4v) is 7.41. The SMILES string of the molecule is COP(=O)(CNC(=O)[C@H](C)NC(=O)CC[C@H](NC(=O)OCc1ccccc1)C(=O)OCc1ccccc1)NCCCN(CCCCNC(=O)OCc1ccccc1)C(=O)OCc1ccccc1. The first-order valence-electron chi connectivity index (χ1n) is 22.0. The maximum absolute atomic E-state index is 13.5. The van der Waals surface area contributed by atoms with E-state index >= 15 is 0 Å². The van der Waals surface area contributed by atoms with E-state index in [9.17, 15) is 33.3 Å². The Labute approximate surface area is 391 Å². The topological polar surface area (TPSA) is 229 Å². The van der Waals surface area contributed by atoms with Crippen molar-refractivity contribution in [2.45, 2.75) is 77.5 Å². The van der Waals surface area contributed by atoms with Crippen LogP contribution >= 0.6 is 7.52 Å². The Kier molecular flexibility index (Phi) is 23.5. The molecule has 5 N–H and O–H groups in total. The van der Waals surface area contributed by atoms with E-state index in [0.29, 0.717) is 32.4 Å². The Bertz CT molecular complexity index is 2170. The Morgan fingerprint density at radius 2 is 1.07 bits per heavy atom. The van der Waals surface area contributed by atoms with Gasteiger partial charge in [-0.05, 0) is 54.9 Å². The number of hydrogen-bond donors (Lipinski definition) is 5. The predicted octanol–water partition coefficient (Wildman–Crippen LogP) is 6.55. The van der Waals surface area contributed by atoms with Gasteiger partial charge in [-0.2, -0.15) is 0 Å². The molecule has 0 saturated carbocycles. The summed E-state index contributed by atoms with van der Waals surface area (Å²) >= 11 is 0. The minimum absolute atomic E-state index is 0.0422. The number of carbonyl (C=O) groups excluding carboxylic acids is 6. The highest BCUT2D eigenvalue weighted by Gasteiger charge is 2.27. The van der Waals surface area contributed by atoms with Gasteiger partial charge in [0.1, 0.15) is 44.8 Å². The summed E-state index contributed by atoms with van der Waals surface area (Å²) in [4.78, 5) is 78.5. The quantitative estimate of drug-likeness (QED) is 0.0176. The van der Waals surface area contributed by atoms with Crippen molar-refractivity contribution in [3.05, 3.63) is 144 Å². The molecule has 3 atom stereocenters. The molecule has 1 unspecified atom stereocenters. The molecule has 0 saturated heterocycles. The largest absolute Gasteiger partial charge is 0.459 e. The van der Waals surface area contributed by atoms with Crippen molar-refractivity contribution < 1.29 is 56.8 Å². The molecule has 0 aromatic heterocycles. The van der Waals surface area contributed by atoms with Gasteiger partial charge in [-0.15, -0.1) is 0 Å². The van der Waals surface area contributed by atoms with Crippen molar-refractivity contribution in [1.82, 2.24) is 31.3 Å². The van der Waals surface area contributed by atoms with Crippen LogP contribution in [0.5, 0.6) is 0 Å². The number of ether oxygens (including phenoxy) is 4. The number of rotatable bonds is 28. The highest BCUT2D eigenvalue weighted by Crippen LogP contribution is 2.39. The summed E-state index contributed by atoms with van der Waals surface area (Å²) in [5.74, 6) is -2.03. The fraction of sp³-hybridized carbons (Fsp3) is 0.375. The van der Waals surface area contributed by atoms with Crippen molar-refractivity contribution in [2.75, 3.05) is 39.6 Å². The number of esters is 1. The Balaban J connectivity index is 1.20. The van der Waals surface area contributed by atoms with E-state index in [2.05, 4.69) is 26.4 Å². The number of alkyl carbamates (subject to hydrolysis) is 2. The summed E-state index contributed by atoms with van der Waals surface area (Å²) in [6.07, 6.45) is -1.34. The van der Waals surface area contributed by atoms with Crippen LogP contribution in [0.15, 0.2) is 121 Å². The standard InChI is InChI=1S/C48H61N6O12P/c1-37(52-43(55)27-26-42(45(57)63-32-38-18-7-3-8-19-38)53-47(59)65-34-40-22-11-5-12-23-40)44(56)50-36-67(61,62-2)51-29-17-31-54(48(60)66-35-41-24-13-6-14-25-41)30-16-15-28-49-46(58)64-33-39-20-9-4-10-21-39/h3-14,18-25,37,42H,15-17,26-36H2,1-2H3,(H,49,58)(H,50,56)(H,51,61)(H,52,55)(H,53,59)/t37-,42-,67?/m0/s1. The molecule has 0 aliphatic rings. The third kappa shape index (κ3) is 21.4. The summed E-state index contributed by atoms with van der Waals surface area (Å²) in [5, 5.41) is 13.1. The second-order valence-electron chi connectivity index (χ2n) is 15.2. The molecule has 0 spiro atoms. The van der Waals surface area contributed by atoms with Crippen molar-refractivity contribution in [3.63, 3.8) is 0 Å². The van der Waals surface area contributed by atoms with Gasteiger partial charge in [-0.3, -0.25) is 14.2 Å². The Morgan fingerprint density at radius 1 is 0.582 bits per heavy atom. The Hall–Kier alpha value is -6.75. The summed E-state index contributed by atoms with van der Waals surface area (Å²) in [5.41, 5.74) is 3.16.